The summed E-state index contributed by atoms with van der Waals surface area (Å²) in [6.07, 6.45) is 1.86. The molecule has 3 nitrogen and oxygen atoms in total. The molecule has 138 valence electrons. The molecule has 28 heavy (non-hydrogen) atoms. The first-order valence-corrected chi connectivity index (χ1v) is 9.31. The van der Waals surface area contributed by atoms with Gasteiger partial charge in [-0.2, -0.15) is 0 Å². The molecule has 0 saturated heterocycles. The molecule has 0 aliphatic carbocycles. The molecule has 4 N–H and O–H groups in total. The number of hydrogen-bond donors (Lipinski definition) is 2. The van der Waals surface area contributed by atoms with E-state index in [1.165, 1.54) is 16.7 Å². The predicted molar refractivity (Wildman–Crippen MR) is 117 cm³/mol. The number of pyridine rings is 1. The van der Waals surface area contributed by atoms with Gasteiger partial charge in [0.1, 0.15) is 5.82 Å². The lowest BCUT2D eigenvalue weighted by Crippen LogP contribution is -2.25. The van der Waals surface area contributed by atoms with Crippen LogP contribution in [0.3, 0.4) is 0 Å². The summed E-state index contributed by atoms with van der Waals surface area (Å²) in [4.78, 5) is 4.33. The first-order chi connectivity index (χ1) is 13.6. The third-order valence-corrected chi connectivity index (χ3v) is 5.42. The molecule has 0 amide bonds. The maximum Gasteiger partial charge on any atom is 0.123 e. The quantitative estimate of drug-likeness (QED) is 0.484. The lowest BCUT2D eigenvalue weighted by molar-refractivity contribution is 0.689. The molecule has 0 radical (unpaired) electrons. The van der Waals surface area contributed by atoms with Gasteiger partial charge in [0.25, 0.3) is 0 Å². The van der Waals surface area contributed by atoms with E-state index in [-0.39, 0.29) is 5.41 Å². The average molecular weight is 365 g/mol. The van der Waals surface area contributed by atoms with Crippen LogP contribution in [0.25, 0.3) is 11.1 Å². The van der Waals surface area contributed by atoms with Gasteiger partial charge in [-0.25, -0.2) is 4.98 Å². The Balaban J connectivity index is 1.83. The highest BCUT2D eigenvalue weighted by molar-refractivity contribution is 5.64. The van der Waals surface area contributed by atoms with Crippen molar-refractivity contribution in [3.63, 3.8) is 0 Å². The van der Waals surface area contributed by atoms with Gasteiger partial charge in [-0.05, 0) is 52.9 Å². The van der Waals surface area contributed by atoms with E-state index in [1.807, 2.05) is 36.5 Å². The lowest BCUT2D eigenvalue weighted by Gasteiger charge is -2.32. The second kappa shape index (κ2) is 7.20. The minimum Gasteiger partial charge on any atom is -0.399 e. The highest BCUT2D eigenvalue weighted by Crippen LogP contribution is 2.39. The molecule has 0 spiro atoms. The molecule has 3 aromatic carbocycles. The standard InChI is InChI=1S/C25H23N3/c1-25(21-11-14-23(26)15-12-21,22-13-16-24(27)28-17-22)20-9-7-19(8-10-20)18-5-3-2-4-6-18/h2-17H,26H2,1H3,(H2,27,28). The smallest absolute Gasteiger partial charge is 0.123 e. The minimum atomic E-state index is -0.371. The summed E-state index contributed by atoms with van der Waals surface area (Å²) in [6.45, 7) is 2.21. The molecule has 0 saturated carbocycles. The highest BCUT2D eigenvalue weighted by Gasteiger charge is 2.31. The number of benzene rings is 3. The summed E-state index contributed by atoms with van der Waals surface area (Å²) < 4.78 is 0. The van der Waals surface area contributed by atoms with Gasteiger partial charge < -0.3 is 11.5 Å². The number of nitrogens with two attached hydrogens (primary N) is 2. The van der Waals surface area contributed by atoms with Crippen molar-refractivity contribution in [1.29, 1.82) is 0 Å². The molecule has 1 aromatic heterocycles. The topological polar surface area (TPSA) is 64.9 Å². The summed E-state index contributed by atoms with van der Waals surface area (Å²) in [5, 5.41) is 0. The van der Waals surface area contributed by atoms with Crippen LogP contribution in [0, 0.1) is 0 Å². The molecular formula is C25H23N3. The van der Waals surface area contributed by atoms with Gasteiger partial charge in [-0.15, -0.1) is 0 Å². The summed E-state index contributed by atoms with van der Waals surface area (Å²) in [5.74, 6) is 0.517. The molecule has 1 atom stereocenters. The van der Waals surface area contributed by atoms with Crippen LogP contribution in [-0.4, -0.2) is 4.98 Å². The zero-order valence-corrected chi connectivity index (χ0v) is 15.8. The normalized spacial score (nSPS) is 13.0. The molecule has 0 bridgehead atoms. The fourth-order valence-electron chi connectivity index (χ4n) is 3.64. The van der Waals surface area contributed by atoms with Crippen LogP contribution in [-0.2, 0) is 5.41 Å². The summed E-state index contributed by atoms with van der Waals surface area (Å²) in [5.41, 5.74) is 17.9. The highest BCUT2D eigenvalue weighted by atomic mass is 14.8. The Morgan fingerprint density at radius 3 is 1.71 bits per heavy atom. The third-order valence-electron chi connectivity index (χ3n) is 5.42. The molecule has 3 heteroatoms. The van der Waals surface area contributed by atoms with Gasteiger partial charge in [0.2, 0.25) is 0 Å². The number of anilines is 2. The van der Waals surface area contributed by atoms with Crippen molar-refractivity contribution >= 4 is 11.5 Å². The molecule has 1 unspecified atom stereocenters. The van der Waals surface area contributed by atoms with Crippen LogP contribution < -0.4 is 11.5 Å². The molecule has 0 aliphatic rings. The Hall–Kier alpha value is -3.59. The largest absolute Gasteiger partial charge is 0.399 e. The van der Waals surface area contributed by atoms with E-state index in [1.54, 1.807) is 0 Å². The van der Waals surface area contributed by atoms with Gasteiger partial charge >= 0.3 is 0 Å². The van der Waals surface area contributed by atoms with Crippen molar-refractivity contribution < 1.29 is 0 Å². The zero-order valence-electron chi connectivity index (χ0n) is 15.8. The van der Waals surface area contributed by atoms with Crippen molar-refractivity contribution in [2.75, 3.05) is 11.5 Å². The Morgan fingerprint density at radius 2 is 1.14 bits per heavy atom. The SMILES string of the molecule is CC(c1ccc(N)cc1)(c1ccc(-c2ccccc2)cc1)c1ccc(N)nc1. The van der Waals surface area contributed by atoms with Gasteiger partial charge in [0.05, 0.1) is 0 Å². The van der Waals surface area contributed by atoms with Gasteiger partial charge in [0, 0.05) is 17.3 Å². The Morgan fingerprint density at radius 1 is 0.607 bits per heavy atom. The monoisotopic (exact) mass is 365 g/mol. The van der Waals surface area contributed by atoms with E-state index in [0.717, 1.165) is 16.8 Å². The van der Waals surface area contributed by atoms with Crippen molar-refractivity contribution in [1.82, 2.24) is 4.98 Å². The van der Waals surface area contributed by atoms with Crippen LogP contribution in [0.5, 0.6) is 0 Å². The van der Waals surface area contributed by atoms with E-state index < -0.39 is 0 Å². The van der Waals surface area contributed by atoms with Crippen molar-refractivity contribution in [3.05, 3.63) is 114 Å². The second-order valence-corrected chi connectivity index (χ2v) is 7.16. The van der Waals surface area contributed by atoms with Gasteiger partial charge in [-0.3, -0.25) is 0 Å². The fourth-order valence-corrected chi connectivity index (χ4v) is 3.64. The number of rotatable bonds is 4. The number of nitrogens with zero attached hydrogens (tertiary/aromatic N) is 1. The van der Waals surface area contributed by atoms with Crippen molar-refractivity contribution in [3.8, 4) is 11.1 Å². The maximum absolute atomic E-state index is 5.92. The summed E-state index contributed by atoms with van der Waals surface area (Å²) in [6, 6.07) is 31.1. The first kappa shape index (κ1) is 17.8. The summed E-state index contributed by atoms with van der Waals surface area (Å²) >= 11 is 0. The third kappa shape index (κ3) is 3.23. The predicted octanol–water partition coefficient (Wildman–Crippen LogP) is 5.27. The van der Waals surface area contributed by atoms with E-state index in [9.17, 15) is 0 Å². The Labute approximate surface area is 165 Å². The van der Waals surface area contributed by atoms with Crippen molar-refractivity contribution in [2.45, 2.75) is 12.3 Å². The van der Waals surface area contributed by atoms with E-state index in [0.29, 0.717) is 5.82 Å². The molecule has 0 fully saturated rings. The Bertz CT molecular complexity index is 1010. The average Bonchev–Trinajstić information content (AvgIpc) is 2.75. The van der Waals surface area contributed by atoms with Crippen LogP contribution in [0.15, 0.2) is 97.2 Å². The molecule has 0 aliphatic heterocycles. The molecule has 4 aromatic rings. The van der Waals surface area contributed by atoms with E-state index in [4.69, 9.17) is 11.5 Å². The first-order valence-electron chi connectivity index (χ1n) is 9.31. The zero-order chi connectivity index (χ0) is 19.6. The van der Waals surface area contributed by atoms with Gasteiger partial charge in [0.15, 0.2) is 0 Å². The van der Waals surface area contributed by atoms with Gasteiger partial charge in [-0.1, -0.05) is 72.8 Å². The minimum absolute atomic E-state index is 0.371. The van der Waals surface area contributed by atoms with Crippen molar-refractivity contribution in [2.24, 2.45) is 0 Å². The van der Waals surface area contributed by atoms with Crippen LogP contribution in [0.2, 0.25) is 0 Å². The fraction of sp³-hybridized carbons (Fsp3) is 0.0800. The second-order valence-electron chi connectivity index (χ2n) is 7.16. The maximum atomic E-state index is 5.92. The molecular weight excluding hydrogens is 342 g/mol. The molecule has 4 rings (SSSR count). The van der Waals surface area contributed by atoms with Crippen LogP contribution in [0.4, 0.5) is 11.5 Å². The van der Waals surface area contributed by atoms with Crippen LogP contribution in [0.1, 0.15) is 23.6 Å². The summed E-state index contributed by atoms with van der Waals surface area (Å²) in [7, 11) is 0. The Kier molecular flexibility index (Phi) is 4.58. The van der Waals surface area contributed by atoms with E-state index >= 15 is 0 Å². The number of hydrogen-bond acceptors (Lipinski definition) is 3. The number of aromatic nitrogens is 1. The van der Waals surface area contributed by atoms with Crippen LogP contribution >= 0.6 is 0 Å². The molecule has 1 heterocycles. The number of nitrogen functional groups attached to an aromatic ring is 2. The van der Waals surface area contributed by atoms with E-state index in [2.05, 4.69) is 72.6 Å². The lowest BCUT2D eigenvalue weighted by atomic mass is 9.71.